The zero-order valence-electron chi connectivity index (χ0n) is 6.85. The molecule has 2 heterocycles. The van der Waals surface area contributed by atoms with Crippen molar-refractivity contribution >= 4 is 0 Å². The lowest BCUT2D eigenvalue weighted by Gasteiger charge is -1.94. The molecular formula is C7H8N4O. The highest BCUT2D eigenvalue weighted by Gasteiger charge is 2.05. The molecule has 0 radical (unpaired) electrons. The van der Waals surface area contributed by atoms with Crippen LogP contribution in [0.2, 0.25) is 0 Å². The predicted molar refractivity (Wildman–Crippen MR) is 40.9 cm³/mol. The molecule has 12 heavy (non-hydrogen) atoms. The third kappa shape index (κ3) is 0.990. The van der Waals surface area contributed by atoms with E-state index in [1.807, 2.05) is 6.92 Å². The third-order valence-corrected chi connectivity index (χ3v) is 1.56. The summed E-state index contributed by atoms with van der Waals surface area (Å²) >= 11 is 0. The molecule has 0 fully saturated rings. The number of aryl methyl sites for hydroxylation is 2. The van der Waals surface area contributed by atoms with Crippen LogP contribution in [0.25, 0.3) is 5.95 Å². The Balaban J connectivity index is 2.50. The Labute approximate surface area is 69.0 Å². The van der Waals surface area contributed by atoms with E-state index < -0.39 is 0 Å². The van der Waals surface area contributed by atoms with Gasteiger partial charge in [0.05, 0.1) is 0 Å². The lowest BCUT2D eigenvalue weighted by Crippen LogP contribution is -1.96. The molecular weight excluding hydrogens is 156 g/mol. The molecule has 2 rings (SSSR count). The maximum atomic E-state index is 4.83. The van der Waals surface area contributed by atoms with Gasteiger partial charge in [0.2, 0.25) is 5.89 Å². The zero-order chi connectivity index (χ0) is 8.55. The van der Waals surface area contributed by atoms with Crippen molar-refractivity contribution in [3.05, 3.63) is 24.1 Å². The largest absolute Gasteiger partial charge is 0.338 e. The van der Waals surface area contributed by atoms with Crippen LogP contribution in [0.3, 0.4) is 0 Å². The highest BCUT2D eigenvalue weighted by molar-refractivity contribution is 5.13. The van der Waals surface area contributed by atoms with E-state index in [9.17, 15) is 0 Å². The van der Waals surface area contributed by atoms with Gasteiger partial charge in [-0.15, -0.1) is 0 Å². The van der Waals surface area contributed by atoms with Gasteiger partial charge in [-0.05, 0) is 12.1 Å². The first kappa shape index (κ1) is 7.02. The molecule has 0 spiro atoms. The Hall–Kier alpha value is -1.65. The lowest BCUT2D eigenvalue weighted by atomic mass is 10.5. The monoisotopic (exact) mass is 164 g/mol. The number of nitrogens with zero attached hydrogens (tertiary/aromatic N) is 4. The van der Waals surface area contributed by atoms with Gasteiger partial charge in [-0.25, -0.2) is 4.98 Å². The fraction of sp³-hybridized carbons (Fsp3) is 0.286. The summed E-state index contributed by atoms with van der Waals surface area (Å²) in [6.07, 6.45) is 3.39. The summed E-state index contributed by atoms with van der Waals surface area (Å²) < 4.78 is 6.59. The van der Waals surface area contributed by atoms with Gasteiger partial charge in [0, 0.05) is 18.8 Å². The highest BCUT2D eigenvalue weighted by atomic mass is 16.5. The zero-order valence-corrected chi connectivity index (χ0v) is 6.85. The highest BCUT2D eigenvalue weighted by Crippen LogP contribution is 2.05. The Morgan fingerprint density at radius 3 is 2.75 bits per heavy atom. The van der Waals surface area contributed by atoms with Gasteiger partial charge >= 0.3 is 0 Å². The molecule has 0 amide bonds. The molecule has 0 saturated carbocycles. The summed E-state index contributed by atoms with van der Waals surface area (Å²) in [4.78, 5) is 8.01. The molecule has 0 atom stereocenters. The van der Waals surface area contributed by atoms with Crippen molar-refractivity contribution in [1.29, 1.82) is 0 Å². The summed E-state index contributed by atoms with van der Waals surface area (Å²) in [5.41, 5.74) is 0.982. The second-order valence-electron chi connectivity index (χ2n) is 2.52. The smallest absolute Gasteiger partial charge is 0.275 e. The number of hydrogen-bond acceptors (Lipinski definition) is 4. The first-order valence-corrected chi connectivity index (χ1v) is 3.57. The molecule has 0 bridgehead atoms. The van der Waals surface area contributed by atoms with Crippen LogP contribution in [0.1, 0.15) is 11.6 Å². The molecule has 0 N–H and O–H groups in total. The van der Waals surface area contributed by atoms with Crippen molar-refractivity contribution in [1.82, 2.24) is 19.7 Å². The molecule has 2 aromatic rings. The summed E-state index contributed by atoms with van der Waals surface area (Å²) in [5, 5.41) is 3.76. The van der Waals surface area contributed by atoms with Crippen LogP contribution in [0.15, 0.2) is 17.0 Å². The van der Waals surface area contributed by atoms with Crippen molar-refractivity contribution in [3.8, 4) is 5.95 Å². The fourth-order valence-electron chi connectivity index (χ4n) is 0.957. The Morgan fingerprint density at radius 2 is 2.25 bits per heavy atom. The van der Waals surface area contributed by atoms with Gasteiger partial charge in [-0.1, -0.05) is 0 Å². The first-order valence-electron chi connectivity index (χ1n) is 3.57. The van der Waals surface area contributed by atoms with Crippen molar-refractivity contribution < 1.29 is 4.52 Å². The van der Waals surface area contributed by atoms with E-state index in [2.05, 4.69) is 15.1 Å². The van der Waals surface area contributed by atoms with E-state index in [-0.39, 0.29) is 0 Å². The van der Waals surface area contributed by atoms with Gasteiger partial charge in [-0.2, -0.15) is 4.98 Å². The number of imidazole rings is 1. The first-order chi connectivity index (χ1) is 5.77. The van der Waals surface area contributed by atoms with E-state index in [0.717, 1.165) is 5.69 Å². The SMILES string of the molecule is Cc1nc(-n2cncc2C)no1. The van der Waals surface area contributed by atoms with Crippen molar-refractivity contribution in [2.24, 2.45) is 0 Å². The van der Waals surface area contributed by atoms with Gasteiger partial charge in [0.15, 0.2) is 0 Å². The van der Waals surface area contributed by atoms with Gasteiger partial charge < -0.3 is 4.52 Å². The summed E-state index contributed by atoms with van der Waals surface area (Å²) in [6, 6.07) is 0. The van der Waals surface area contributed by atoms with E-state index in [4.69, 9.17) is 4.52 Å². The van der Waals surface area contributed by atoms with Crippen LogP contribution in [-0.2, 0) is 0 Å². The minimum atomic E-state index is 0.530. The molecule has 0 aliphatic rings. The summed E-state index contributed by atoms with van der Waals surface area (Å²) in [5.74, 6) is 1.08. The minimum Gasteiger partial charge on any atom is -0.338 e. The average Bonchev–Trinajstić information content (AvgIpc) is 2.58. The molecule has 0 unspecified atom stereocenters. The quantitative estimate of drug-likeness (QED) is 0.627. The van der Waals surface area contributed by atoms with Crippen molar-refractivity contribution in [2.45, 2.75) is 13.8 Å². The van der Waals surface area contributed by atoms with Crippen LogP contribution in [0.4, 0.5) is 0 Å². The number of hydrogen-bond donors (Lipinski definition) is 0. The van der Waals surface area contributed by atoms with Crippen LogP contribution >= 0.6 is 0 Å². The van der Waals surface area contributed by atoms with E-state index in [0.29, 0.717) is 11.8 Å². The maximum absolute atomic E-state index is 4.83. The molecule has 5 nitrogen and oxygen atoms in total. The fourth-order valence-corrected chi connectivity index (χ4v) is 0.957. The van der Waals surface area contributed by atoms with Gasteiger partial charge in [-0.3, -0.25) is 4.57 Å². The van der Waals surface area contributed by atoms with E-state index >= 15 is 0 Å². The predicted octanol–water partition coefficient (Wildman–Crippen LogP) is 0.872. The summed E-state index contributed by atoms with van der Waals surface area (Å²) in [6.45, 7) is 3.68. The van der Waals surface area contributed by atoms with Crippen molar-refractivity contribution in [3.63, 3.8) is 0 Å². The van der Waals surface area contributed by atoms with Crippen LogP contribution in [0.5, 0.6) is 0 Å². The van der Waals surface area contributed by atoms with E-state index in [1.165, 1.54) is 0 Å². The Bertz CT molecular complexity index is 390. The second-order valence-corrected chi connectivity index (χ2v) is 2.52. The van der Waals surface area contributed by atoms with Crippen LogP contribution < -0.4 is 0 Å². The number of aromatic nitrogens is 4. The average molecular weight is 164 g/mol. The third-order valence-electron chi connectivity index (χ3n) is 1.56. The maximum Gasteiger partial charge on any atom is 0.275 e. The summed E-state index contributed by atoms with van der Waals surface area (Å²) in [7, 11) is 0. The normalized spacial score (nSPS) is 10.5. The molecule has 0 aliphatic heterocycles. The minimum absolute atomic E-state index is 0.530. The topological polar surface area (TPSA) is 56.7 Å². The molecule has 0 aliphatic carbocycles. The molecule has 62 valence electrons. The second kappa shape index (κ2) is 2.44. The number of rotatable bonds is 1. The molecule has 2 aromatic heterocycles. The van der Waals surface area contributed by atoms with Crippen molar-refractivity contribution in [2.75, 3.05) is 0 Å². The van der Waals surface area contributed by atoms with Gasteiger partial charge in [0.25, 0.3) is 5.95 Å². The Morgan fingerprint density at radius 1 is 1.42 bits per heavy atom. The molecule has 0 aromatic carbocycles. The molecule has 0 saturated heterocycles. The lowest BCUT2D eigenvalue weighted by molar-refractivity contribution is 0.390. The Kier molecular flexibility index (Phi) is 1.43. The standard InChI is InChI=1S/C7H8N4O/c1-5-3-8-4-11(5)7-9-6(2)12-10-7/h3-4H,1-2H3. The van der Waals surface area contributed by atoms with Gasteiger partial charge in [0.1, 0.15) is 6.33 Å². The molecule has 5 heteroatoms. The van der Waals surface area contributed by atoms with Crippen LogP contribution in [0, 0.1) is 13.8 Å². The van der Waals surface area contributed by atoms with Crippen LogP contribution in [-0.4, -0.2) is 19.7 Å². The van der Waals surface area contributed by atoms with E-state index in [1.54, 1.807) is 24.0 Å².